The van der Waals surface area contributed by atoms with Crippen molar-refractivity contribution >= 4 is 63.1 Å². The molecule has 288 valence electrons. The minimum absolute atomic E-state index is 0.0848. The van der Waals surface area contributed by atoms with E-state index < -0.39 is 5.97 Å². The molecule has 1 heterocycles. The number of aromatic nitrogens is 1. The first-order valence-electron chi connectivity index (χ1n) is 19.2. The summed E-state index contributed by atoms with van der Waals surface area (Å²) in [7, 11) is 1.64. The second-order valence-electron chi connectivity index (χ2n) is 13.5. The van der Waals surface area contributed by atoms with Crippen LogP contribution in [0.5, 0.6) is 5.75 Å². The van der Waals surface area contributed by atoms with Gasteiger partial charge < -0.3 is 19.7 Å². The summed E-state index contributed by atoms with van der Waals surface area (Å²) < 4.78 is 11.4. The fourth-order valence-electron chi connectivity index (χ4n) is 6.04. The zero-order valence-electron chi connectivity index (χ0n) is 32.7. The van der Waals surface area contributed by atoms with E-state index in [1.807, 2.05) is 12.1 Å². The predicted molar refractivity (Wildman–Crippen MR) is 215 cm³/mol. The Morgan fingerprint density at radius 3 is 2.04 bits per heavy atom. The molecule has 10 nitrogen and oxygen atoms in total. The Morgan fingerprint density at radius 1 is 0.962 bits per heavy atom. The maximum absolute atomic E-state index is 12.7. The number of halogens is 1. The summed E-state index contributed by atoms with van der Waals surface area (Å²) in [6.45, 7) is 16.7. The second kappa shape index (κ2) is 24.7. The molecule has 0 saturated heterocycles. The van der Waals surface area contributed by atoms with Gasteiger partial charge in [-0.15, -0.1) is 10.2 Å². The monoisotopic (exact) mass is 756 g/mol. The number of esters is 1. The number of unbranched alkanes of at least 4 members (excludes halogenated alkanes) is 3. The fourth-order valence-corrected chi connectivity index (χ4v) is 7.06. The molecule has 2 rings (SSSR count). The molecule has 3 unspecified atom stereocenters. The smallest absolute Gasteiger partial charge is 0.348 e. The third-order valence-corrected chi connectivity index (χ3v) is 10.7. The molecular formula is C40H61ClN6O4S. The number of nitrogens with one attached hydrogen (secondary N) is 1. The first-order chi connectivity index (χ1) is 25.1. The summed E-state index contributed by atoms with van der Waals surface area (Å²) in [5.41, 5.74) is 1.63. The summed E-state index contributed by atoms with van der Waals surface area (Å²) in [5, 5.41) is 21.8. The van der Waals surface area contributed by atoms with Crippen molar-refractivity contribution in [3.05, 3.63) is 27.7 Å². The number of nitriles is 1. The summed E-state index contributed by atoms with van der Waals surface area (Å²) in [6.07, 6.45) is 14.5. The Balaban J connectivity index is 2.48. The molecule has 52 heavy (non-hydrogen) atoms. The normalized spacial score (nSPS) is 13.4. The number of hydrogen-bond acceptors (Lipinski definition) is 10. The lowest BCUT2D eigenvalue weighted by Crippen LogP contribution is -2.34. The van der Waals surface area contributed by atoms with Crippen molar-refractivity contribution in [2.45, 2.75) is 126 Å². The number of rotatable bonds is 25. The fraction of sp³-hybridized carbons (Fsp3) is 0.650. The lowest BCUT2D eigenvalue weighted by Gasteiger charge is -2.34. The van der Waals surface area contributed by atoms with Crippen LogP contribution in [0.15, 0.2) is 27.9 Å². The first-order valence-corrected chi connectivity index (χ1v) is 20.4. The van der Waals surface area contributed by atoms with Gasteiger partial charge in [0.15, 0.2) is 0 Å². The number of anilines is 2. The highest BCUT2D eigenvalue weighted by atomic mass is 35.5. The molecule has 0 bridgehead atoms. The van der Waals surface area contributed by atoms with E-state index >= 15 is 0 Å². The molecule has 0 spiro atoms. The van der Waals surface area contributed by atoms with E-state index in [2.05, 4.69) is 67.0 Å². The lowest BCUT2D eigenvalue weighted by atomic mass is 9.95. The van der Waals surface area contributed by atoms with Gasteiger partial charge in [-0.25, -0.2) is 9.78 Å². The molecule has 0 radical (unpaired) electrons. The topological polar surface area (TPSA) is 129 Å². The van der Waals surface area contributed by atoms with Gasteiger partial charge in [0.2, 0.25) is 11.0 Å². The molecule has 2 aromatic rings. The molecule has 0 fully saturated rings. The van der Waals surface area contributed by atoms with Crippen LogP contribution in [0, 0.1) is 29.1 Å². The molecule has 0 saturated carbocycles. The quantitative estimate of drug-likeness (QED) is 0.0462. The molecule has 0 aliphatic heterocycles. The third-order valence-electron chi connectivity index (χ3n) is 9.44. The van der Waals surface area contributed by atoms with Crippen molar-refractivity contribution < 1.29 is 19.1 Å². The Morgan fingerprint density at radius 2 is 1.54 bits per heavy atom. The lowest BCUT2D eigenvalue weighted by molar-refractivity contribution is -0.139. The maximum Gasteiger partial charge on any atom is 0.348 e. The molecule has 12 heteroatoms. The summed E-state index contributed by atoms with van der Waals surface area (Å²) in [5.74, 6) is 1.00. The highest BCUT2D eigenvalue weighted by Crippen LogP contribution is 2.41. The van der Waals surface area contributed by atoms with Crippen molar-refractivity contribution in [2.75, 3.05) is 37.0 Å². The number of methoxy groups -OCH3 is 1. The van der Waals surface area contributed by atoms with Crippen LogP contribution in [0.2, 0.25) is 5.15 Å². The summed E-state index contributed by atoms with van der Waals surface area (Å²) in [4.78, 5) is 32.3. The highest BCUT2D eigenvalue weighted by molar-refractivity contribution is 7.16. The van der Waals surface area contributed by atoms with E-state index in [9.17, 15) is 14.9 Å². The molecule has 1 amide bonds. The second-order valence-corrected chi connectivity index (χ2v) is 14.9. The first kappa shape index (κ1) is 44.7. The van der Waals surface area contributed by atoms with E-state index in [0.717, 1.165) is 94.3 Å². The molecule has 0 aliphatic rings. The van der Waals surface area contributed by atoms with Crippen LogP contribution in [-0.4, -0.2) is 43.7 Å². The molecular weight excluding hydrogens is 696 g/mol. The van der Waals surface area contributed by atoms with E-state index in [0.29, 0.717) is 33.8 Å². The zero-order chi connectivity index (χ0) is 38.5. The van der Waals surface area contributed by atoms with Gasteiger partial charge in [0.25, 0.3) is 0 Å². The van der Waals surface area contributed by atoms with E-state index in [-0.39, 0.29) is 34.3 Å². The van der Waals surface area contributed by atoms with Crippen LogP contribution < -0.4 is 15.0 Å². The minimum Gasteiger partial charge on any atom is -0.494 e. The largest absolute Gasteiger partial charge is 0.494 e. The van der Waals surface area contributed by atoms with Crippen LogP contribution in [-0.2, 0) is 14.3 Å². The number of carbonyl (C=O) groups is 2. The van der Waals surface area contributed by atoms with Crippen LogP contribution in [0.25, 0.3) is 6.08 Å². The predicted octanol–water partition coefficient (Wildman–Crippen LogP) is 12.1. The number of benzene rings is 1. The van der Waals surface area contributed by atoms with Crippen molar-refractivity contribution in [2.24, 2.45) is 28.0 Å². The number of azo groups is 1. The Hall–Kier alpha value is -3.49. The average molecular weight is 757 g/mol. The third kappa shape index (κ3) is 14.9. The Bertz CT molecular complexity index is 1490. The molecule has 0 aliphatic carbocycles. The number of ether oxygens (including phenoxy) is 2. The van der Waals surface area contributed by atoms with Gasteiger partial charge in [-0.05, 0) is 49.2 Å². The number of hydrogen-bond donors (Lipinski definition) is 1. The van der Waals surface area contributed by atoms with E-state index in [1.54, 1.807) is 13.2 Å². The zero-order valence-corrected chi connectivity index (χ0v) is 34.3. The van der Waals surface area contributed by atoms with Gasteiger partial charge in [0, 0.05) is 26.1 Å². The van der Waals surface area contributed by atoms with Gasteiger partial charge in [0.05, 0.1) is 30.0 Å². The van der Waals surface area contributed by atoms with Gasteiger partial charge in [0.1, 0.15) is 28.2 Å². The molecule has 1 aromatic carbocycles. The van der Waals surface area contributed by atoms with Crippen molar-refractivity contribution in [3.8, 4) is 11.8 Å². The Labute approximate surface area is 321 Å². The number of thiazole rings is 1. The van der Waals surface area contributed by atoms with Crippen LogP contribution in [0.3, 0.4) is 0 Å². The standard InChI is InChI=1S/C40H61ClN6O4S/c1-9-15-18-29(12-4)25-47(26-30(13-5)19-16-10-2)35-22-33(43-28(7)48)34(23-36(35)50-8)45-46-40-44-38(41)37(52-40)21-32(24-42)39(49)51-27-31(14-6)20-17-11-3/h21-23,29-31H,9-20,25-27H2,1-8H3,(H,43,48)/b32-21+,46-45?. The van der Waals surface area contributed by atoms with E-state index in [4.69, 9.17) is 21.1 Å². The minimum atomic E-state index is -0.697. The average Bonchev–Trinajstić information content (AvgIpc) is 3.50. The maximum atomic E-state index is 12.7. The van der Waals surface area contributed by atoms with Crippen LogP contribution in [0.1, 0.15) is 130 Å². The highest BCUT2D eigenvalue weighted by Gasteiger charge is 2.23. The molecule has 1 N–H and O–H groups in total. The van der Waals surface area contributed by atoms with Gasteiger partial charge >= 0.3 is 5.97 Å². The summed E-state index contributed by atoms with van der Waals surface area (Å²) in [6, 6.07) is 5.66. The van der Waals surface area contributed by atoms with Crippen LogP contribution >= 0.6 is 22.9 Å². The number of amides is 1. The SMILES string of the molecule is CCCCC(CC)COC(=O)/C(C#N)=C/c1sc(N=Nc2cc(OC)c(N(CC(CC)CCCC)CC(CC)CCCC)cc2NC(C)=O)nc1Cl. The Kier molecular flexibility index (Phi) is 21.2. The van der Waals surface area contributed by atoms with Gasteiger partial charge in [-0.1, -0.05) is 122 Å². The van der Waals surface area contributed by atoms with Crippen molar-refractivity contribution in [1.82, 2.24) is 4.98 Å². The number of nitrogens with zero attached hydrogens (tertiary/aromatic N) is 5. The van der Waals surface area contributed by atoms with Crippen molar-refractivity contribution in [1.29, 1.82) is 5.26 Å². The van der Waals surface area contributed by atoms with Gasteiger partial charge in [-0.2, -0.15) is 5.26 Å². The summed E-state index contributed by atoms with van der Waals surface area (Å²) >= 11 is 7.51. The van der Waals surface area contributed by atoms with Crippen LogP contribution in [0.4, 0.5) is 22.2 Å². The van der Waals surface area contributed by atoms with E-state index in [1.165, 1.54) is 25.8 Å². The molecule has 1 aromatic heterocycles. The molecule has 3 atom stereocenters. The van der Waals surface area contributed by atoms with Gasteiger partial charge in [-0.3, -0.25) is 4.79 Å². The number of carbonyl (C=O) groups excluding carboxylic acids is 2. The van der Waals surface area contributed by atoms with Crippen molar-refractivity contribution in [3.63, 3.8) is 0 Å².